The number of halogens is 4. The van der Waals surface area contributed by atoms with E-state index in [9.17, 15) is 36.6 Å². The molecule has 2 saturated carbocycles. The van der Waals surface area contributed by atoms with Crippen LogP contribution in [0.2, 0.25) is 5.02 Å². The van der Waals surface area contributed by atoms with Crippen molar-refractivity contribution in [3.8, 4) is 0 Å². The molecule has 3 atom stereocenters. The van der Waals surface area contributed by atoms with Gasteiger partial charge in [-0.15, -0.1) is 0 Å². The molecule has 1 amide bonds. The van der Waals surface area contributed by atoms with Crippen molar-refractivity contribution in [2.45, 2.75) is 54.5 Å². The average molecular weight is 518 g/mol. The molecule has 2 aromatic rings. The molecule has 2 aliphatic rings. The summed E-state index contributed by atoms with van der Waals surface area (Å²) in [6, 6.07) is 4.80. The van der Waals surface area contributed by atoms with Gasteiger partial charge in [-0.3, -0.25) is 4.79 Å². The van der Waals surface area contributed by atoms with Crippen molar-refractivity contribution < 1.29 is 36.6 Å². The van der Waals surface area contributed by atoms with Gasteiger partial charge in [0.05, 0.1) is 26.9 Å². The fourth-order valence-electron chi connectivity index (χ4n) is 5.26. The van der Waals surface area contributed by atoms with Gasteiger partial charge in [-0.05, 0) is 62.6 Å². The van der Waals surface area contributed by atoms with Crippen molar-refractivity contribution in [3.63, 3.8) is 0 Å². The predicted octanol–water partition coefficient (Wildman–Crippen LogP) is 4.08. The molecule has 2 bridgehead atoms. The number of hydrogen-bond acceptors (Lipinski definition) is 5. The summed E-state index contributed by atoms with van der Waals surface area (Å²) in [4.78, 5) is 12.4. The average Bonchev–Trinajstić information content (AvgIpc) is 3.05. The number of amides is 1. The summed E-state index contributed by atoms with van der Waals surface area (Å²) in [7, 11) is -4.03. The van der Waals surface area contributed by atoms with E-state index in [-0.39, 0.29) is 45.8 Å². The number of rotatable bonds is 5. The molecule has 3 N–H and O–H groups in total. The molecule has 0 radical (unpaired) electrons. The SMILES string of the molecule is CC(O)[C@]1(O)CC2CCC(C1)[C@H]2S(=O)(=O)c1cc(C(=O)Nc2cc(F)c(F)c(F)c2)ccc1Cl. The molecule has 2 aromatic carbocycles. The molecule has 6 nitrogen and oxygen atoms in total. The molecule has 3 unspecified atom stereocenters. The number of carbonyl (C=O) groups excluding carboxylic acids is 1. The molecular formula is C23H23ClF3NO5S. The summed E-state index contributed by atoms with van der Waals surface area (Å²) in [5.74, 6) is -6.29. The van der Waals surface area contributed by atoms with Gasteiger partial charge in [-0.25, -0.2) is 21.6 Å². The van der Waals surface area contributed by atoms with E-state index >= 15 is 0 Å². The molecule has 2 fully saturated rings. The van der Waals surface area contributed by atoms with Crippen LogP contribution in [-0.4, -0.2) is 41.5 Å². The Morgan fingerprint density at radius 3 is 2.21 bits per heavy atom. The number of aliphatic hydroxyl groups excluding tert-OH is 1. The minimum Gasteiger partial charge on any atom is -0.390 e. The molecular weight excluding hydrogens is 495 g/mol. The van der Waals surface area contributed by atoms with Crippen LogP contribution in [-0.2, 0) is 9.84 Å². The van der Waals surface area contributed by atoms with Crippen LogP contribution in [0.4, 0.5) is 18.9 Å². The van der Waals surface area contributed by atoms with E-state index in [1.807, 2.05) is 0 Å². The standard InChI is InChI=1S/C23H23ClF3NO5S/c1-11(29)23(31)9-13-2-3-14(10-23)21(13)34(32,33)19-6-12(4-5-16(19)24)22(30)28-15-7-17(25)20(27)18(26)8-15/h4-8,11,13-14,21,29,31H,2-3,9-10H2,1H3,(H,28,30)/t11?,13?,14?,21-,23-. The van der Waals surface area contributed by atoms with E-state index in [1.54, 1.807) is 0 Å². The normalized spacial score (nSPS) is 27.4. The summed E-state index contributed by atoms with van der Waals surface area (Å²) in [5.41, 5.74) is -1.83. The van der Waals surface area contributed by atoms with Gasteiger partial charge in [0, 0.05) is 23.4 Å². The van der Waals surface area contributed by atoms with E-state index in [0.29, 0.717) is 25.0 Å². The number of hydrogen-bond donors (Lipinski definition) is 3. The van der Waals surface area contributed by atoms with Crippen molar-refractivity contribution in [2.75, 3.05) is 5.32 Å². The molecule has 0 saturated heterocycles. The van der Waals surface area contributed by atoms with E-state index < -0.39 is 50.2 Å². The van der Waals surface area contributed by atoms with Gasteiger partial charge in [0.2, 0.25) is 0 Å². The fourth-order valence-corrected chi connectivity index (χ4v) is 8.10. The molecule has 0 aromatic heterocycles. The van der Waals surface area contributed by atoms with Gasteiger partial charge in [-0.2, -0.15) is 0 Å². The second kappa shape index (κ2) is 8.82. The first-order valence-corrected chi connectivity index (χ1v) is 12.7. The number of benzene rings is 2. The Hall–Kier alpha value is -2.14. The zero-order valence-electron chi connectivity index (χ0n) is 18.1. The molecule has 184 valence electrons. The van der Waals surface area contributed by atoms with Crippen LogP contribution in [0.3, 0.4) is 0 Å². The number of nitrogens with one attached hydrogen (secondary N) is 1. The Bertz CT molecular complexity index is 1220. The number of sulfone groups is 1. The Morgan fingerprint density at radius 2 is 1.68 bits per heavy atom. The molecule has 0 heterocycles. The summed E-state index contributed by atoms with van der Waals surface area (Å²) in [5, 5.41) is 22.0. The lowest BCUT2D eigenvalue weighted by Crippen LogP contribution is -2.51. The zero-order valence-corrected chi connectivity index (χ0v) is 19.6. The summed E-state index contributed by atoms with van der Waals surface area (Å²) in [6.07, 6.45) is 0.400. The minimum atomic E-state index is -4.03. The maximum atomic E-state index is 13.6. The van der Waals surface area contributed by atoms with Gasteiger partial charge < -0.3 is 15.5 Å². The number of anilines is 1. The number of fused-ring (bicyclic) bond motifs is 2. The number of aliphatic hydroxyl groups is 2. The quantitative estimate of drug-likeness (QED) is 0.518. The van der Waals surface area contributed by atoms with Crippen LogP contribution < -0.4 is 5.32 Å². The van der Waals surface area contributed by atoms with Gasteiger partial charge in [0.25, 0.3) is 5.91 Å². The Balaban J connectivity index is 1.63. The monoisotopic (exact) mass is 517 g/mol. The first-order chi connectivity index (χ1) is 15.8. The lowest BCUT2D eigenvalue weighted by Gasteiger charge is -2.42. The van der Waals surface area contributed by atoms with E-state index in [4.69, 9.17) is 11.6 Å². The zero-order chi connectivity index (χ0) is 25.0. The van der Waals surface area contributed by atoms with Crippen LogP contribution in [0.25, 0.3) is 0 Å². The summed E-state index contributed by atoms with van der Waals surface area (Å²) < 4.78 is 67.3. The largest absolute Gasteiger partial charge is 0.390 e. The molecule has 4 rings (SSSR count). The minimum absolute atomic E-state index is 0.0915. The Labute approximate surface area is 199 Å². The first-order valence-electron chi connectivity index (χ1n) is 10.7. The summed E-state index contributed by atoms with van der Waals surface area (Å²) >= 11 is 6.21. The lowest BCUT2D eigenvalue weighted by molar-refractivity contribution is -0.103. The topological polar surface area (TPSA) is 104 Å². The van der Waals surface area contributed by atoms with Crippen LogP contribution >= 0.6 is 11.6 Å². The highest BCUT2D eigenvalue weighted by atomic mass is 35.5. The number of carbonyl (C=O) groups is 1. The molecule has 0 aliphatic heterocycles. The third kappa shape index (κ3) is 4.32. The van der Waals surface area contributed by atoms with Crippen LogP contribution in [0.1, 0.15) is 43.0 Å². The van der Waals surface area contributed by atoms with Gasteiger partial charge in [0.15, 0.2) is 27.3 Å². The second-order valence-electron chi connectivity index (χ2n) is 9.15. The highest BCUT2D eigenvalue weighted by Crippen LogP contribution is 2.52. The predicted molar refractivity (Wildman–Crippen MR) is 119 cm³/mol. The van der Waals surface area contributed by atoms with E-state index in [0.717, 1.165) is 6.07 Å². The van der Waals surface area contributed by atoms with Gasteiger partial charge >= 0.3 is 0 Å². The highest BCUT2D eigenvalue weighted by Gasteiger charge is 2.55. The van der Waals surface area contributed by atoms with E-state index in [2.05, 4.69) is 5.32 Å². The van der Waals surface area contributed by atoms with Crippen LogP contribution in [0.15, 0.2) is 35.2 Å². The van der Waals surface area contributed by atoms with Crippen molar-refractivity contribution in [2.24, 2.45) is 11.8 Å². The van der Waals surface area contributed by atoms with E-state index in [1.165, 1.54) is 19.1 Å². The van der Waals surface area contributed by atoms with Gasteiger partial charge in [0.1, 0.15) is 0 Å². The van der Waals surface area contributed by atoms with Crippen molar-refractivity contribution in [1.29, 1.82) is 0 Å². The lowest BCUT2D eigenvalue weighted by atomic mass is 9.74. The third-order valence-electron chi connectivity index (χ3n) is 6.95. The maximum Gasteiger partial charge on any atom is 0.255 e. The molecule has 0 spiro atoms. The maximum absolute atomic E-state index is 13.6. The smallest absolute Gasteiger partial charge is 0.255 e. The van der Waals surface area contributed by atoms with Crippen molar-refractivity contribution in [3.05, 3.63) is 58.4 Å². The fraction of sp³-hybridized carbons (Fsp3) is 0.435. The highest BCUT2D eigenvalue weighted by molar-refractivity contribution is 7.92. The summed E-state index contributed by atoms with van der Waals surface area (Å²) in [6.45, 7) is 1.48. The molecule has 11 heteroatoms. The molecule has 34 heavy (non-hydrogen) atoms. The first kappa shape index (κ1) is 25.0. The van der Waals surface area contributed by atoms with Crippen LogP contribution in [0.5, 0.6) is 0 Å². The molecule has 2 aliphatic carbocycles. The van der Waals surface area contributed by atoms with Crippen molar-refractivity contribution >= 4 is 33.0 Å². The van der Waals surface area contributed by atoms with Crippen LogP contribution in [0, 0.1) is 29.3 Å². The Morgan fingerprint density at radius 1 is 1.12 bits per heavy atom. The Kier molecular flexibility index (Phi) is 6.48. The van der Waals surface area contributed by atoms with Crippen molar-refractivity contribution in [1.82, 2.24) is 0 Å². The second-order valence-corrected chi connectivity index (χ2v) is 11.6. The third-order valence-corrected chi connectivity index (χ3v) is 9.83. The van der Waals surface area contributed by atoms with Gasteiger partial charge in [-0.1, -0.05) is 11.6 Å².